The van der Waals surface area contributed by atoms with Crippen LogP contribution in [-0.4, -0.2) is 18.4 Å². The van der Waals surface area contributed by atoms with Crippen molar-refractivity contribution in [2.45, 2.75) is 52.4 Å². The Bertz CT molecular complexity index is 862. The van der Waals surface area contributed by atoms with E-state index in [2.05, 4.69) is 54.8 Å². The van der Waals surface area contributed by atoms with Gasteiger partial charge in [-0.1, -0.05) is 38.1 Å². The third-order valence-electron chi connectivity index (χ3n) is 5.22. The Kier molecular flexibility index (Phi) is 5.77. The first-order chi connectivity index (χ1) is 12.7. The number of aliphatic imine (C=N–C) groups is 2. The molecule has 0 radical (unpaired) electrons. The van der Waals surface area contributed by atoms with Crippen molar-refractivity contribution in [3.63, 3.8) is 0 Å². The molecule has 3 rings (SSSR count). The minimum Gasteiger partial charge on any atom is -0.282 e. The molecule has 0 amide bonds. The zero-order valence-electron chi connectivity index (χ0n) is 15.8. The number of fused-ring (bicyclic) bond motifs is 1. The van der Waals surface area contributed by atoms with Crippen LogP contribution in [0.15, 0.2) is 46.4 Å². The second kappa shape index (κ2) is 8.22. The third-order valence-corrected chi connectivity index (χ3v) is 5.22. The van der Waals surface area contributed by atoms with Gasteiger partial charge < -0.3 is 0 Å². The van der Waals surface area contributed by atoms with Crippen LogP contribution < -0.4 is 0 Å². The van der Waals surface area contributed by atoms with Crippen molar-refractivity contribution in [1.82, 2.24) is 0 Å². The lowest BCUT2D eigenvalue weighted by molar-refractivity contribution is 0.685. The van der Waals surface area contributed by atoms with E-state index < -0.39 is 0 Å². The highest BCUT2D eigenvalue weighted by Crippen LogP contribution is 2.23. The Hall–Kier alpha value is -2.55. The van der Waals surface area contributed by atoms with Crippen molar-refractivity contribution in [2.75, 3.05) is 0 Å². The van der Waals surface area contributed by atoms with E-state index in [-0.39, 0.29) is 5.84 Å². The molecule has 0 aromatic heterocycles. The summed E-state index contributed by atoms with van der Waals surface area (Å²) in [5.41, 5.74) is 7.22. The Morgan fingerprint density at radius 2 is 1.62 bits per heavy atom. The fourth-order valence-electron chi connectivity index (χ4n) is 3.68. The van der Waals surface area contributed by atoms with E-state index >= 15 is 0 Å². The highest BCUT2D eigenvalue weighted by molar-refractivity contribution is 6.11. The molecule has 0 heterocycles. The summed E-state index contributed by atoms with van der Waals surface area (Å²) in [6, 6.07) is 12.6. The van der Waals surface area contributed by atoms with E-state index in [9.17, 15) is 0 Å². The van der Waals surface area contributed by atoms with Gasteiger partial charge in [0.25, 0.3) is 0 Å². The molecule has 0 unspecified atom stereocenters. The Morgan fingerprint density at radius 1 is 0.923 bits per heavy atom. The summed E-state index contributed by atoms with van der Waals surface area (Å²) in [5, 5.41) is 8.43. The van der Waals surface area contributed by atoms with Gasteiger partial charge in [0.15, 0.2) is 11.7 Å². The number of amidine groups is 2. The highest BCUT2D eigenvalue weighted by atomic mass is 14.9. The molecular weight excluding hydrogens is 318 g/mol. The largest absolute Gasteiger partial charge is 0.282 e. The van der Waals surface area contributed by atoms with Crippen LogP contribution in [0.25, 0.3) is 0 Å². The fourth-order valence-corrected chi connectivity index (χ4v) is 3.68. The SMILES string of the molecule is C=NC(=NC(=N)c1ccc2c(c1)CCCC2)c1ccc(CC)c(CC)c1. The van der Waals surface area contributed by atoms with Crippen LogP contribution in [0.2, 0.25) is 0 Å². The number of rotatable bonds is 4. The maximum atomic E-state index is 8.43. The van der Waals surface area contributed by atoms with E-state index in [1.807, 2.05) is 12.1 Å². The van der Waals surface area contributed by atoms with E-state index in [0.29, 0.717) is 5.84 Å². The molecule has 1 aliphatic carbocycles. The zero-order chi connectivity index (χ0) is 18.5. The summed E-state index contributed by atoms with van der Waals surface area (Å²) in [5.74, 6) is 0.767. The van der Waals surface area contributed by atoms with Gasteiger partial charge >= 0.3 is 0 Å². The number of hydrogen-bond acceptors (Lipinski definition) is 1. The maximum absolute atomic E-state index is 8.43. The molecule has 2 aromatic rings. The topological polar surface area (TPSA) is 48.6 Å². The molecule has 3 nitrogen and oxygen atoms in total. The molecule has 0 atom stereocenters. The van der Waals surface area contributed by atoms with Crippen molar-refractivity contribution in [3.8, 4) is 0 Å². The zero-order valence-corrected chi connectivity index (χ0v) is 15.8. The molecule has 1 N–H and O–H groups in total. The predicted molar refractivity (Wildman–Crippen MR) is 111 cm³/mol. The minimum absolute atomic E-state index is 0.249. The van der Waals surface area contributed by atoms with Crippen LogP contribution in [0.3, 0.4) is 0 Å². The molecule has 0 bridgehead atoms. The Labute approximate surface area is 156 Å². The molecule has 0 saturated heterocycles. The monoisotopic (exact) mass is 345 g/mol. The van der Waals surface area contributed by atoms with E-state index in [0.717, 1.165) is 36.8 Å². The van der Waals surface area contributed by atoms with E-state index in [4.69, 9.17) is 5.41 Å². The summed E-state index contributed by atoms with van der Waals surface area (Å²) < 4.78 is 0. The van der Waals surface area contributed by atoms with Crippen LogP contribution in [0, 0.1) is 5.41 Å². The number of aryl methyl sites for hydroxylation is 4. The third kappa shape index (κ3) is 3.82. The van der Waals surface area contributed by atoms with Gasteiger partial charge in [0.1, 0.15) is 0 Å². The first-order valence-corrected chi connectivity index (χ1v) is 9.54. The number of nitrogens with zero attached hydrogens (tertiary/aromatic N) is 2. The van der Waals surface area contributed by atoms with Gasteiger partial charge in [0.05, 0.1) is 0 Å². The fraction of sp³-hybridized carbons (Fsp3) is 0.348. The predicted octanol–water partition coefficient (Wildman–Crippen LogP) is 5.16. The lowest BCUT2D eigenvalue weighted by atomic mass is 9.90. The smallest absolute Gasteiger partial charge is 0.161 e. The minimum atomic E-state index is 0.249. The average Bonchev–Trinajstić information content (AvgIpc) is 2.70. The van der Waals surface area contributed by atoms with Crippen LogP contribution in [0.5, 0.6) is 0 Å². The van der Waals surface area contributed by atoms with Crippen LogP contribution in [-0.2, 0) is 25.7 Å². The van der Waals surface area contributed by atoms with Crippen LogP contribution in [0.4, 0.5) is 0 Å². The van der Waals surface area contributed by atoms with Gasteiger partial charge in [-0.3, -0.25) is 5.41 Å². The van der Waals surface area contributed by atoms with E-state index in [1.54, 1.807) is 0 Å². The summed E-state index contributed by atoms with van der Waals surface area (Å²) in [6.07, 6.45) is 6.74. The molecule has 0 spiro atoms. The quantitative estimate of drug-likeness (QED) is 0.587. The first-order valence-electron chi connectivity index (χ1n) is 9.54. The molecule has 0 saturated carbocycles. The summed E-state index contributed by atoms with van der Waals surface area (Å²) >= 11 is 0. The molecule has 1 aliphatic rings. The molecule has 2 aromatic carbocycles. The Morgan fingerprint density at radius 3 is 2.31 bits per heavy atom. The maximum Gasteiger partial charge on any atom is 0.161 e. The number of hydrogen-bond donors (Lipinski definition) is 1. The second-order valence-corrected chi connectivity index (χ2v) is 6.82. The van der Waals surface area contributed by atoms with Crippen molar-refractivity contribution in [1.29, 1.82) is 5.41 Å². The second-order valence-electron chi connectivity index (χ2n) is 6.82. The standard InChI is InChI=1S/C23H27N3/c1-4-16-10-13-21(14-17(16)5-2)23(25-3)26-22(24)20-12-11-18-8-6-7-9-19(18)15-20/h10-15,24H,3-9H2,1-2H3. The lowest BCUT2D eigenvalue weighted by Crippen LogP contribution is -2.08. The molecule has 134 valence electrons. The number of benzene rings is 2. The van der Waals surface area contributed by atoms with Crippen molar-refractivity contribution >= 4 is 18.4 Å². The molecule has 3 heteroatoms. The summed E-state index contributed by atoms with van der Waals surface area (Å²) in [4.78, 5) is 8.59. The van der Waals surface area contributed by atoms with Gasteiger partial charge in [-0.25, -0.2) is 9.98 Å². The van der Waals surface area contributed by atoms with Crippen molar-refractivity contribution in [2.24, 2.45) is 9.98 Å². The first kappa shape index (κ1) is 18.2. The molecular formula is C23H27N3. The van der Waals surface area contributed by atoms with Crippen LogP contribution in [0.1, 0.15) is 60.1 Å². The lowest BCUT2D eigenvalue weighted by Gasteiger charge is -2.16. The van der Waals surface area contributed by atoms with Gasteiger partial charge in [-0.05, 0) is 79.6 Å². The summed E-state index contributed by atoms with van der Waals surface area (Å²) in [7, 11) is 0. The van der Waals surface area contributed by atoms with Gasteiger partial charge in [-0.2, -0.15) is 0 Å². The van der Waals surface area contributed by atoms with Crippen molar-refractivity contribution in [3.05, 3.63) is 69.8 Å². The van der Waals surface area contributed by atoms with Crippen molar-refractivity contribution < 1.29 is 0 Å². The van der Waals surface area contributed by atoms with Gasteiger partial charge in [0, 0.05) is 11.1 Å². The molecule has 0 fully saturated rings. The average molecular weight is 345 g/mol. The van der Waals surface area contributed by atoms with Gasteiger partial charge in [-0.15, -0.1) is 0 Å². The number of nitrogens with one attached hydrogen (secondary N) is 1. The van der Waals surface area contributed by atoms with E-state index in [1.165, 1.54) is 35.1 Å². The summed E-state index contributed by atoms with van der Waals surface area (Å²) in [6.45, 7) is 8.00. The Balaban J connectivity index is 1.91. The van der Waals surface area contributed by atoms with Crippen LogP contribution >= 0.6 is 0 Å². The normalized spacial score (nSPS) is 14.0. The molecule has 26 heavy (non-hydrogen) atoms. The highest BCUT2D eigenvalue weighted by Gasteiger charge is 2.12. The molecule has 0 aliphatic heterocycles. The van der Waals surface area contributed by atoms with Gasteiger partial charge in [0.2, 0.25) is 0 Å².